The molecule has 0 saturated carbocycles. The van der Waals surface area contributed by atoms with Crippen molar-refractivity contribution in [2.24, 2.45) is 0 Å². The molecule has 2 fully saturated rings. The summed E-state index contributed by atoms with van der Waals surface area (Å²) in [6.45, 7) is 3.00. The van der Waals surface area contributed by atoms with Crippen LogP contribution >= 0.6 is 11.6 Å². The maximum atomic E-state index is 13.0. The van der Waals surface area contributed by atoms with Gasteiger partial charge in [-0.15, -0.1) is 0 Å². The minimum absolute atomic E-state index is 0.208. The number of carboxylic acid groups (broad SMARTS) is 1. The molecule has 0 aromatic heterocycles. The van der Waals surface area contributed by atoms with Crippen molar-refractivity contribution in [1.82, 2.24) is 0 Å². The summed E-state index contributed by atoms with van der Waals surface area (Å²) in [5.74, 6) is -4.54. The van der Waals surface area contributed by atoms with Crippen molar-refractivity contribution in [1.29, 1.82) is 0 Å². The van der Waals surface area contributed by atoms with Gasteiger partial charge in [-0.1, -0.05) is 121 Å². The Balaban J connectivity index is 0.000000152. The Labute approximate surface area is 347 Å². The first-order chi connectivity index (χ1) is 28.7. The molecule has 4 aliphatic rings. The SMILES string of the molecule is CCOC(=O)C1(c2ccc(Cl)cc2)OCC2(CO1)c1ccccc1-c1ccccc12.COc1ccc(C2(C(=O)O)OCC3(CO2)c2ccccc2-c2ccccc23)cc1. The quantitative estimate of drug-likeness (QED) is 0.165. The number of carbonyl (C=O) groups excluding carboxylic acids is 1. The number of hydrogen-bond acceptors (Lipinski definition) is 8. The average molecular weight is 809 g/mol. The molecule has 0 amide bonds. The van der Waals surface area contributed by atoms with Crippen molar-refractivity contribution >= 4 is 23.5 Å². The Morgan fingerprint density at radius 1 is 0.559 bits per heavy atom. The smallest absolute Gasteiger partial charge is 0.372 e. The maximum Gasteiger partial charge on any atom is 0.372 e. The van der Waals surface area contributed by atoms with E-state index >= 15 is 0 Å². The normalized spacial score (nSPS) is 19.6. The molecular formula is C49H41ClO9. The van der Waals surface area contributed by atoms with Crippen LogP contribution in [0.5, 0.6) is 5.75 Å². The van der Waals surface area contributed by atoms with Crippen LogP contribution in [-0.2, 0) is 55.7 Å². The first kappa shape index (κ1) is 38.7. The minimum atomic E-state index is -1.84. The van der Waals surface area contributed by atoms with Gasteiger partial charge in [0.25, 0.3) is 11.6 Å². The molecule has 0 bridgehead atoms. The van der Waals surface area contributed by atoms with E-state index in [1.807, 2.05) is 48.5 Å². The van der Waals surface area contributed by atoms with E-state index < -0.39 is 34.3 Å². The fraction of sp³-hybridized carbons (Fsp3) is 0.224. The third-order valence-corrected chi connectivity index (χ3v) is 12.2. The number of carbonyl (C=O) groups is 2. The van der Waals surface area contributed by atoms with E-state index in [-0.39, 0.29) is 19.8 Å². The zero-order valence-corrected chi connectivity index (χ0v) is 33.2. The average Bonchev–Trinajstić information content (AvgIpc) is 3.71. The third-order valence-electron chi connectivity index (χ3n) is 12.0. The Kier molecular flexibility index (Phi) is 9.90. The summed E-state index contributed by atoms with van der Waals surface area (Å²) in [6, 6.07) is 46.6. The van der Waals surface area contributed by atoms with Gasteiger partial charge in [-0.25, -0.2) is 9.59 Å². The molecule has 10 rings (SSSR count). The number of esters is 1. The summed E-state index contributed by atoms with van der Waals surface area (Å²) in [6.07, 6.45) is 0. The number of halogens is 1. The molecular weight excluding hydrogens is 768 g/mol. The Morgan fingerprint density at radius 3 is 1.29 bits per heavy atom. The molecule has 10 heteroatoms. The standard InChI is InChI=1S/C25H21ClO4.C24H20O5/c1-2-28-23(27)25(17-11-13-18(26)14-12-17)29-15-24(16-30-25)21-9-5-3-7-19(21)20-8-4-6-10-22(20)24;1-27-17-12-10-16(11-13-17)24(22(25)26)28-14-23(15-29-24)20-8-4-2-6-18(20)19-7-3-5-9-21(19)23/h3-14H,2,15-16H2,1H3;2-13H,14-15H2,1H3,(H,25,26). The molecule has 2 saturated heterocycles. The largest absolute Gasteiger partial charge is 0.497 e. The van der Waals surface area contributed by atoms with Crippen molar-refractivity contribution in [3.8, 4) is 28.0 Å². The van der Waals surface area contributed by atoms with Crippen LogP contribution in [-0.4, -0.2) is 57.2 Å². The fourth-order valence-corrected chi connectivity index (χ4v) is 9.17. The van der Waals surface area contributed by atoms with Crippen LogP contribution in [0.15, 0.2) is 146 Å². The monoisotopic (exact) mass is 808 g/mol. The van der Waals surface area contributed by atoms with Gasteiger partial charge in [0.15, 0.2) is 0 Å². The summed E-state index contributed by atoms with van der Waals surface area (Å²) in [5, 5.41) is 10.6. The number of carboxylic acids is 1. The maximum absolute atomic E-state index is 13.0. The number of fused-ring (bicyclic) bond motifs is 10. The summed E-state index contributed by atoms with van der Waals surface area (Å²) < 4.78 is 35.3. The van der Waals surface area contributed by atoms with E-state index in [9.17, 15) is 14.7 Å². The highest BCUT2D eigenvalue weighted by Gasteiger charge is 2.57. The van der Waals surface area contributed by atoms with Gasteiger partial charge in [0.05, 0.1) is 51.0 Å². The number of benzene rings is 6. The van der Waals surface area contributed by atoms with Gasteiger partial charge >= 0.3 is 11.9 Å². The molecule has 59 heavy (non-hydrogen) atoms. The predicted molar refractivity (Wildman–Crippen MR) is 221 cm³/mol. The van der Waals surface area contributed by atoms with Crippen molar-refractivity contribution < 1.29 is 43.1 Å². The molecule has 298 valence electrons. The Hall–Kier alpha value is -5.81. The summed E-state index contributed by atoms with van der Waals surface area (Å²) >= 11 is 6.05. The molecule has 6 aromatic rings. The first-order valence-corrected chi connectivity index (χ1v) is 19.8. The first-order valence-electron chi connectivity index (χ1n) is 19.5. The van der Waals surface area contributed by atoms with Crippen LogP contribution in [0, 0.1) is 0 Å². The van der Waals surface area contributed by atoms with Gasteiger partial charge in [0.1, 0.15) is 5.75 Å². The molecule has 2 spiro atoms. The minimum Gasteiger partial charge on any atom is -0.497 e. The van der Waals surface area contributed by atoms with E-state index in [0.29, 0.717) is 35.1 Å². The lowest BCUT2D eigenvalue weighted by molar-refractivity contribution is -0.290. The molecule has 0 radical (unpaired) electrons. The van der Waals surface area contributed by atoms with E-state index in [2.05, 4.69) is 48.5 Å². The van der Waals surface area contributed by atoms with Crippen molar-refractivity contribution in [3.05, 3.63) is 184 Å². The molecule has 0 atom stereocenters. The third kappa shape index (κ3) is 6.07. The van der Waals surface area contributed by atoms with Crippen LogP contribution in [0.1, 0.15) is 40.3 Å². The zero-order valence-electron chi connectivity index (χ0n) is 32.5. The van der Waals surface area contributed by atoms with Gasteiger partial charge in [0.2, 0.25) is 0 Å². The molecule has 2 heterocycles. The fourth-order valence-electron chi connectivity index (χ4n) is 9.04. The second kappa shape index (κ2) is 15.1. The van der Waals surface area contributed by atoms with E-state index in [1.54, 1.807) is 62.6 Å². The van der Waals surface area contributed by atoms with Crippen LogP contribution in [0.3, 0.4) is 0 Å². The van der Waals surface area contributed by atoms with Crippen LogP contribution in [0.2, 0.25) is 5.02 Å². The van der Waals surface area contributed by atoms with Gasteiger partial charge in [0, 0.05) is 16.1 Å². The lowest BCUT2D eigenvalue weighted by Crippen LogP contribution is -2.54. The van der Waals surface area contributed by atoms with Gasteiger partial charge in [-0.3, -0.25) is 0 Å². The lowest BCUT2D eigenvalue weighted by Gasteiger charge is -2.44. The van der Waals surface area contributed by atoms with E-state index in [1.165, 1.54) is 11.1 Å². The van der Waals surface area contributed by atoms with Crippen LogP contribution < -0.4 is 4.74 Å². The van der Waals surface area contributed by atoms with Crippen LogP contribution in [0.25, 0.3) is 22.3 Å². The molecule has 9 nitrogen and oxygen atoms in total. The lowest BCUT2D eigenvalue weighted by atomic mass is 9.78. The number of ether oxygens (including phenoxy) is 6. The second-order valence-electron chi connectivity index (χ2n) is 15.0. The van der Waals surface area contributed by atoms with Crippen LogP contribution in [0.4, 0.5) is 0 Å². The van der Waals surface area contributed by atoms with Crippen molar-refractivity contribution in [2.45, 2.75) is 29.3 Å². The molecule has 0 unspecified atom stereocenters. The van der Waals surface area contributed by atoms with Gasteiger partial charge < -0.3 is 33.5 Å². The Morgan fingerprint density at radius 2 is 0.915 bits per heavy atom. The molecule has 6 aromatic carbocycles. The predicted octanol–water partition coefficient (Wildman–Crippen LogP) is 9.02. The zero-order chi connectivity index (χ0) is 40.8. The van der Waals surface area contributed by atoms with E-state index in [0.717, 1.165) is 33.4 Å². The highest BCUT2D eigenvalue weighted by Crippen LogP contribution is 2.54. The number of rotatable bonds is 6. The number of hydrogen-bond donors (Lipinski definition) is 1. The van der Waals surface area contributed by atoms with Crippen molar-refractivity contribution in [3.63, 3.8) is 0 Å². The second-order valence-corrected chi connectivity index (χ2v) is 15.4. The summed E-state index contributed by atoms with van der Waals surface area (Å²) in [5.41, 5.74) is 9.15. The van der Waals surface area contributed by atoms with Gasteiger partial charge in [-0.05, 0) is 87.8 Å². The molecule has 1 N–H and O–H groups in total. The summed E-state index contributed by atoms with van der Waals surface area (Å²) in [7, 11) is 1.56. The highest BCUT2D eigenvalue weighted by atomic mass is 35.5. The molecule has 2 aliphatic carbocycles. The number of aliphatic carboxylic acids is 1. The van der Waals surface area contributed by atoms with Crippen molar-refractivity contribution in [2.75, 3.05) is 40.1 Å². The summed E-state index contributed by atoms with van der Waals surface area (Å²) in [4.78, 5) is 25.2. The molecule has 2 aliphatic heterocycles. The van der Waals surface area contributed by atoms with Gasteiger partial charge in [-0.2, -0.15) is 0 Å². The number of methoxy groups -OCH3 is 1. The highest BCUT2D eigenvalue weighted by molar-refractivity contribution is 6.30. The topological polar surface area (TPSA) is 110 Å². The van der Waals surface area contributed by atoms with E-state index in [4.69, 9.17) is 40.0 Å². The Bertz CT molecular complexity index is 2440.